The van der Waals surface area contributed by atoms with Crippen LogP contribution < -0.4 is 5.73 Å². The average Bonchev–Trinajstić information content (AvgIpc) is 2.72. The lowest BCUT2D eigenvalue weighted by atomic mass is 10.2. The van der Waals surface area contributed by atoms with E-state index in [-0.39, 0.29) is 12.1 Å². The van der Waals surface area contributed by atoms with Gasteiger partial charge in [-0.3, -0.25) is 0 Å². The molecular weight excluding hydrogens is 184 g/mol. The van der Waals surface area contributed by atoms with Crippen molar-refractivity contribution in [2.45, 2.75) is 38.0 Å². The first-order chi connectivity index (χ1) is 6.36. The summed E-state index contributed by atoms with van der Waals surface area (Å²) in [6, 6.07) is 0.235. The highest BCUT2D eigenvalue weighted by Crippen LogP contribution is 2.21. The Kier molecular flexibility index (Phi) is 2.93. The van der Waals surface area contributed by atoms with E-state index >= 15 is 0 Å². The zero-order valence-electron chi connectivity index (χ0n) is 7.48. The van der Waals surface area contributed by atoms with Crippen LogP contribution in [0.5, 0.6) is 0 Å². The molecule has 0 radical (unpaired) electrons. The van der Waals surface area contributed by atoms with Crippen LogP contribution in [0.1, 0.15) is 25.0 Å². The standard InChI is InChI=1S/C9H14N2OS/c10-8-2-1-3-9(8)12-4-7-5-13-6-11-7/h5-6,8-9H,1-4,10H2. The van der Waals surface area contributed by atoms with Gasteiger partial charge in [-0.1, -0.05) is 0 Å². The molecule has 1 fully saturated rings. The molecule has 1 aliphatic rings. The van der Waals surface area contributed by atoms with Crippen LogP contribution in [-0.2, 0) is 11.3 Å². The fourth-order valence-electron chi connectivity index (χ4n) is 1.66. The molecular formula is C9H14N2OS. The molecule has 72 valence electrons. The Bertz CT molecular complexity index is 250. The van der Waals surface area contributed by atoms with Crippen molar-refractivity contribution in [1.29, 1.82) is 0 Å². The van der Waals surface area contributed by atoms with Crippen molar-refractivity contribution in [2.24, 2.45) is 5.73 Å². The second-order valence-electron chi connectivity index (χ2n) is 3.42. The first-order valence-electron chi connectivity index (χ1n) is 4.60. The van der Waals surface area contributed by atoms with E-state index in [0.717, 1.165) is 18.5 Å². The Balaban J connectivity index is 1.79. The van der Waals surface area contributed by atoms with Gasteiger partial charge < -0.3 is 10.5 Å². The summed E-state index contributed by atoms with van der Waals surface area (Å²) in [5.74, 6) is 0. The Morgan fingerprint density at radius 2 is 2.54 bits per heavy atom. The molecule has 0 amide bonds. The summed E-state index contributed by atoms with van der Waals surface area (Å²) in [5.41, 5.74) is 8.72. The topological polar surface area (TPSA) is 48.1 Å². The molecule has 2 atom stereocenters. The van der Waals surface area contributed by atoms with Crippen LogP contribution in [0, 0.1) is 0 Å². The maximum Gasteiger partial charge on any atom is 0.0900 e. The van der Waals surface area contributed by atoms with Gasteiger partial charge in [-0.15, -0.1) is 11.3 Å². The maximum absolute atomic E-state index is 5.88. The molecule has 2 unspecified atom stereocenters. The molecule has 1 aromatic heterocycles. The molecule has 1 aromatic rings. The number of rotatable bonds is 3. The van der Waals surface area contributed by atoms with Crippen molar-refractivity contribution in [1.82, 2.24) is 4.98 Å². The third-order valence-corrected chi connectivity index (χ3v) is 3.07. The van der Waals surface area contributed by atoms with Crippen molar-refractivity contribution < 1.29 is 4.74 Å². The maximum atomic E-state index is 5.88. The number of nitrogens with zero attached hydrogens (tertiary/aromatic N) is 1. The van der Waals surface area contributed by atoms with E-state index in [4.69, 9.17) is 10.5 Å². The first-order valence-corrected chi connectivity index (χ1v) is 5.55. The zero-order valence-corrected chi connectivity index (χ0v) is 8.30. The van der Waals surface area contributed by atoms with Crippen LogP contribution in [0.4, 0.5) is 0 Å². The highest BCUT2D eigenvalue weighted by molar-refractivity contribution is 7.07. The molecule has 0 aromatic carbocycles. The van der Waals surface area contributed by atoms with Crippen LogP contribution in [0.3, 0.4) is 0 Å². The second-order valence-corrected chi connectivity index (χ2v) is 4.14. The highest BCUT2D eigenvalue weighted by atomic mass is 32.1. The summed E-state index contributed by atoms with van der Waals surface area (Å²) >= 11 is 1.60. The van der Waals surface area contributed by atoms with Crippen LogP contribution in [-0.4, -0.2) is 17.1 Å². The molecule has 0 aliphatic heterocycles. The number of ether oxygens (including phenoxy) is 1. The molecule has 1 heterocycles. The average molecular weight is 198 g/mol. The van der Waals surface area contributed by atoms with E-state index in [1.54, 1.807) is 11.3 Å². The second kappa shape index (κ2) is 4.17. The van der Waals surface area contributed by atoms with E-state index in [9.17, 15) is 0 Å². The predicted octanol–water partition coefficient (Wildman–Crippen LogP) is 1.54. The van der Waals surface area contributed by atoms with Crippen LogP contribution in [0.25, 0.3) is 0 Å². The molecule has 3 nitrogen and oxygen atoms in total. The van der Waals surface area contributed by atoms with Gasteiger partial charge in [-0.2, -0.15) is 0 Å². The summed E-state index contributed by atoms with van der Waals surface area (Å²) in [4.78, 5) is 4.15. The lowest BCUT2D eigenvalue weighted by Gasteiger charge is -2.15. The van der Waals surface area contributed by atoms with Crippen molar-refractivity contribution in [3.8, 4) is 0 Å². The lowest BCUT2D eigenvalue weighted by Crippen LogP contribution is -2.31. The lowest BCUT2D eigenvalue weighted by molar-refractivity contribution is 0.0342. The Morgan fingerprint density at radius 1 is 1.62 bits per heavy atom. The van der Waals surface area contributed by atoms with E-state index < -0.39 is 0 Å². The summed E-state index contributed by atoms with van der Waals surface area (Å²) in [6.45, 7) is 0.613. The smallest absolute Gasteiger partial charge is 0.0900 e. The number of aromatic nitrogens is 1. The van der Waals surface area contributed by atoms with Gasteiger partial charge in [0.25, 0.3) is 0 Å². The third kappa shape index (κ3) is 2.27. The number of nitrogens with two attached hydrogens (primary N) is 1. The van der Waals surface area contributed by atoms with E-state index in [2.05, 4.69) is 4.98 Å². The molecule has 1 aliphatic carbocycles. The van der Waals surface area contributed by atoms with Gasteiger partial charge in [0.15, 0.2) is 0 Å². The Morgan fingerprint density at radius 3 is 3.15 bits per heavy atom. The summed E-state index contributed by atoms with van der Waals surface area (Å²) in [5, 5.41) is 2.01. The number of thiazole rings is 1. The van der Waals surface area contributed by atoms with Gasteiger partial charge in [0.1, 0.15) is 0 Å². The van der Waals surface area contributed by atoms with Crippen molar-refractivity contribution in [3.63, 3.8) is 0 Å². The molecule has 0 saturated heterocycles. The van der Waals surface area contributed by atoms with Crippen LogP contribution >= 0.6 is 11.3 Å². The fourth-order valence-corrected chi connectivity index (χ4v) is 2.21. The molecule has 13 heavy (non-hydrogen) atoms. The fraction of sp³-hybridized carbons (Fsp3) is 0.667. The highest BCUT2D eigenvalue weighted by Gasteiger charge is 2.24. The third-order valence-electron chi connectivity index (χ3n) is 2.43. The normalized spacial score (nSPS) is 28.1. The van der Waals surface area contributed by atoms with E-state index in [1.807, 2.05) is 10.9 Å². The quantitative estimate of drug-likeness (QED) is 0.801. The van der Waals surface area contributed by atoms with Crippen molar-refractivity contribution >= 4 is 11.3 Å². The van der Waals surface area contributed by atoms with Gasteiger partial charge in [0, 0.05) is 11.4 Å². The molecule has 4 heteroatoms. The summed E-state index contributed by atoms with van der Waals surface area (Å²) in [6.07, 6.45) is 3.65. The van der Waals surface area contributed by atoms with Crippen molar-refractivity contribution in [3.05, 3.63) is 16.6 Å². The summed E-state index contributed by atoms with van der Waals surface area (Å²) < 4.78 is 5.68. The Hall–Kier alpha value is -0.450. The molecule has 2 rings (SSSR count). The first kappa shape index (κ1) is 9.12. The van der Waals surface area contributed by atoms with Crippen LogP contribution in [0.15, 0.2) is 10.9 Å². The van der Waals surface area contributed by atoms with E-state index in [1.165, 1.54) is 6.42 Å². The number of hydrogen-bond donors (Lipinski definition) is 1. The monoisotopic (exact) mass is 198 g/mol. The zero-order chi connectivity index (χ0) is 9.10. The van der Waals surface area contributed by atoms with Crippen molar-refractivity contribution in [2.75, 3.05) is 0 Å². The van der Waals surface area contributed by atoms with Gasteiger partial charge in [0.05, 0.1) is 23.9 Å². The minimum absolute atomic E-state index is 0.235. The van der Waals surface area contributed by atoms with E-state index in [0.29, 0.717) is 6.61 Å². The van der Waals surface area contributed by atoms with Gasteiger partial charge in [-0.05, 0) is 19.3 Å². The van der Waals surface area contributed by atoms with Gasteiger partial charge >= 0.3 is 0 Å². The van der Waals surface area contributed by atoms with Gasteiger partial charge in [0.2, 0.25) is 0 Å². The van der Waals surface area contributed by atoms with Gasteiger partial charge in [-0.25, -0.2) is 4.98 Å². The minimum atomic E-state index is 0.235. The molecule has 2 N–H and O–H groups in total. The number of hydrogen-bond acceptors (Lipinski definition) is 4. The molecule has 0 bridgehead atoms. The summed E-state index contributed by atoms with van der Waals surface area (Å²) in [7, 11) is 0. The molecule has 1 saturated carbocycles. The predicted molar refractivity (Wildman–Crippen MR) is 52.5 cm³/mol. The Labute approximate surface area is 81.9 Å². The SMILES string of the molecule is NC1CCCC1OCc1cscn1. The minimum Gasteiger partial charge on any atom is -0.370 e. The molecule has 0 spiro atoms. The van der Waals surface area contributed by atoms with Crippen LogP contribution in [0.2, 0.25) is 0 Å². The largest absolute Gasteiger partial charge is 0.370 e.